The molecular weight excluding hydrogens is 300 g/mol. The lowest BCUT2D eigenvalue weighted by Gasteiger charge is -2.11. The first-order valence-electron chi connectivity index (χ1n) is 6.02. The van der Waals surface area contributed by atoms with Gasteiger partial charge in [-0.25, -0.2) is 4.79 Å². The van der Waals surface area contributed by atoms with Crippen LogP contribution in [0.3, 0.4) is 0 Å². The highest BCUT2D eigenvalue weighted by atomic mass is 32.2. The molecule has 0 spiro atoms. The van der Waals surface area contributed by atoms with Crippen LogP contribution in [0, 0.1) is 6.42 Å². The summed E-state index contributed by atoms with van der Waals surface area (Å²) in [7, 11) is 1.26. The molecule has 0 aromatic carbocycles. The van der Waals surface area contributed by atoms with Crippen molar-refractivity contribution in [2.75, 3.05) is 31.8 Å². The maximum atomic E-state index is 11.3. The zero-order chi connectivity index (χ0) is 16.3. The van der Waals surface area contributed by atoms with Gasteiger partial charge in [0.25, 0.3) is 0 Å². The molecule has 0 aromatic heterocycles. The summed E-state index contributed by atoms with van der Waals surface area (Å²) in [5, 5.41) is 9.45. The summed E-state index contributed by atoms with van der Waals surface area (Å²) in [4.78, 5) is 33.1. The quantitative estimate of drug-likeness (QED) is 0.262. The monoisotopic (exact) mass is 319 g/mol. The molecule has 0 aliphatic carbocycles. The molecule has 1 atom stereocenters. The highest BCUT2D eigenvalue weighted by molar-refractivity contribution is 8.00. The number of hydrogen-bond acceptors (Lipinski definition) is 8. The fraction of sp³-hybridized carbons (Fsp3) is 0.538. The first-order valence-corrected chi connectivity index (χ1v) is 7.17. The Labute approximate surface area is 127 Å². The molecule has 0 amide bonds. The van der Waals surface area contributed by atoms with Crippen LogP contribution in [0.2, 0.25) is 0 Å². The second-order valence-electron chi connectivity index (χ2n) is 3.96. The van der Waals surface area contributed by atoms with Crippen molar-refractivity contribution in [3.05, 3.63) is 18.6 Å². The van der Waals surface area contributed by atoms with Crippen LogP contribution in [0.1, 0.15) is 6.92 Å². The Hall–Kier alpha value is -1.54. The Morgan fingerprint density at radius 2 is 1.90 bits per heavy atom. The molecule has 0 saturated carbocycles. The van der Waals surface area contributed by atoms with Crippen LogP contribution in [0.5, 0.6) is 0 Å². The third-order valence-corrected chi connectivity index (χ3v) is 2.82. The molecule has 0 aliphatic heterocycles. The van der Waals surface area contributed by atoms with E-state index in [0.29, 0.717) is 5.75 Å². The summed E-state index contributed by atoms with van der Waals surface area (Å²) < 4.78 is 13.9. The van der Waals surface area contributed by atoms with E-state index in [4.69, 9.17) is 9.47 Å². The molecule has 0 heterocycles. The molecule has 119 valence electrons. The van der Waals surface area contributed by atoms with E-state index < -0.39 is 24.0 Å². The number of carbonyl (C=O) groups excluding carboxylic acids is 3. The molecule has 7 nitrogen and oxygen atoms in total. The summed E-state index contributed by atoms with van der Waals surface area (Å²) in [5.41, 5.74) is 0.220. The fourth-order valence-corrected chi connectivity index (χ4v) is 1.55. The highest BCUT2D eigenvalue weighted by Crippen LogP contribution is 2.03. The Morgan fingerprint density at radius 3 is 2.48 bits per heavy atom. The number of aliphatic hydroxyl groups is 1. The number of aliphatic hydroxyl groups excluding tert-OH is 1. The maximum absolute atomic E-state index is 11.3. The third-order valence-electron chi connectivity index (χ3n) is 1.98. The van der Waals surface area contributed by atoms with Gasteiger partial charge in [0.1, 0.15) is 19.3 Å². The van der Waals surface area contributed by atoms with Gasteiger partial charge in [0.05, 0.1) is 19.3 Å². The molecule has 0 rings (SSSR count). The average Bonchev–Trinajstić information content (AvgIpc) is 2.46. The molecule has 0 aromatic rings. The van der Waals surface area contributed by atoms with Crippen molar-refractivity contribution in [3.8, 4) is 0 Å². The minimum atomic E-state index is -1.09. The lowest BCUT2D eigenvalue weighted by atomic mass is 10.3. The van der Waals surface area contributed by atoms with E-state index in [-0.39, 0.29) is 24.5 Å². The molecule has 8 heteroatoms. The Morgan fingerprint density at radius 1 is 1.29 bits per heavy atom. The van der Waals surface area contributed by atoms with Crippen LogP contribution in [0.15, 0.2) is 12.2 Å². The standard InChI is InChI=1S/C13H19O7S/c1-9(2)13(17)20-7-10(14)6-19-12(16)8-21-5-4-11(15)18-3/h4,10,14H,1,5-8H2,2-3H3. The lowest BCUT2D eigenvalue weighted by molar-refractivity contribution is -0.148. The molecule has 0 bridgehead atoms. The van der Waals surface area contributed by atoms with Crippen molar-refractivity contribution in [3.63, 3.8) is 0 Å². The molecule has 1 radical (unpaired) electrons. The van der Waals surface area contributed by atoms with Gasteiger partial charge in [0.2, 0.25) is 0 Å². The number of methoxy groups -OCH3 is 1. The molecule has 21 heavy (non-hydrogen) atoms. The minimum Gasteiger partial charge on any atom is -0.469 e. The van der Waals surface area contributed by atoms with Gasteiger partial charge in [0.15, 0.2) is 0 Å². The number of hydrogen-bond donors (Lipinski definition) is 1. The van der Waals surface area contributed by atoms with E-state index in [1.165, 1.54) is 32.2 Å². The summed E-state index contributed by atoms with van der Waals surface area (Å²) in [5.74, 6) is -1.27. The number of esters is 3. The Bertz CT molecular complexity index is 381. The molecule has 0 saturated heterocycles. The molecule has 0 fully saturated rings. The van der Waals surface area contributed by atoms with Crippen molar-refractivity contribution >= 4 is 29.7 Å². The SMILES string of the molecule is C=C(C)C(=O)OCC(O)COC(=O)CSC[CH]C(=O)OC. The van der Waals surface area contributed by atoms with E-state index in [0.717, 1.165) is 0 Å². The minimum absolute atomic E-state index is 0.0335. The van der Waals surface area contributed by atoms with Crippen molar-refractivity contribution in [2.45, 2.75) is 13.0 Å². The van der Waals surface area contributed by atoms with Crippen molar-refractivity contribution in [1.29, 1.82) is 0 Å². The van der Waals surface area contributed by atoms with Crippen molar-refractivity contribution in [2.24, 2.45) is 0 Å². The van der Waals surface area contributed by atoms with Gasteiger partial charge in [0, 0.05) is 11.3 Å². The van der Waals surface area contributed by atoms with Gasteiger partial charge in [-0.2, -0.15) is 0 Å². The topological polar surface area (TPSA) is 99.1 Å². The lowest BCUT2D eigenvalue weighted by Crippen LogP contribution is -2.26. The van der Waals surface area contributed by atoms with E-state index in [9.17, 15) is 19.5 Å². The average molecular weight is 319 g/mol. The summed E-state index contributed by atoms with van der Waals surface area (Å²) in [6.07, 6.45) is 0.202. The Kier molecular flexibility index (Phi) is 10.3. The van der Waals surface area contributed by atoms with E-state index in [1.807, 2.05) is 0 Å². The first kappa shape index (κ1) is 19.5. The van der Waals surface area contributed by atoms with Crippen LogP contribution in [0.4, 0.5) is 0 Å². The predicted octanol–water partition coefficient (Wildman–Crippen LogP) is 0.120. The van der Waals surface area contributed by atoms with E-state index >= 15 is 0 Å². The second kappa shape index (κ2) is 11.2. The largest absolute Gasteiger partial charge is 0.469 e. The third kappa shape index (κ3) is 10.9. The molecule has 0 aliphatic rings. The summed E-state index contributed by atoms with van der Waals surface area (Å²) in [6, 6.07) is 0. The zero-order valence-corrected chi connectivity index (χ0v) is 12.8. The van der Waals surface area contributed by atoms with Crippen LogP contribution in [0.25, 0.3) is 0 Å². The van der Waals surface area contributed by atoms with Crippen molar-refractivity contribution < 1.29 is 33.7 Å². The second-order valence-corrected chi connectivity index (χ2v) is 4.99. The van der Waals surface area contributed by atoms with Gasteiger partial charge in [-0.3, -0.25) is 9.59 Å². The zero-order valence-electron chi connectivity index (χ0n) is 12.0. The highest BCUT2D eigenvalue weighted by Gasteiger charge is 2.12. The van der Waals surface area contributed by atoms with E-state index in [2.05, 4.69) is 11.3 Å². The summed E-state index contributed by atoms with van der Waals surface area (Å²) >= 11 is 1.17. The first-order chi connectivity index (χ1) is 9.86. The number of carbonyl (C=O) groups is 3. The van der Waals surface area contributed by atoms with Crippen LogP contribution in [-0.2, 0) is 28.6 Å². The van der Waals surface area contributed by atoms with Gasteiger partial charge in [-0.1, -0.05) is 6.58 Å². The fourth-order valence-electron chi connectivity index (χ4n) is 0.927. The maximum Gasteiger partial charge on any atom is 0.333 e. The van der Waals surface area contributed by atoms with Gasteiger partial charge < -0.3 is 19.3 Å². The molecule has 1 N–H and O–H groups in total. The predicted molar refractivity (Wildman–Crippen MR) is 76.4 cm³/mol. The normalized spacial score (nSPS) is 11.4. The van der Waals surface area contributed by atoms with Gasteiger partial charge in [-0.15, -0.1) is 11.8 Å². The Balaban J connectivity index is 3.66. The van der Waals surface area contributed by atoms with Gasteiger partial charge >= 0.3 is 17.9 Å². The van der Waals surface area contributed by atoms with Crippen LogP contribution < -0.4 is 0 Å². The number of thioether (sulfide) groups is 1. The van der Waals surface area contributed by atoms with Crippen molar-refractivity contribution in [1.82, 2.24) is 0 Å². The van der Waals surface area contributed by atoms with E-state index in [1.54, 1.807) is 0 Å². The van der Waals surface area contributed by atoms with Gasteiger partial charge in [-0.05, 0) is 6.92 Å². The summed E-state index contributed by atoms with van der Waals surface area (Å²) in [6.45, 7) is 4.32. The molecule has 1 unspecified atom stereocenters. The smallest absolute Gasteiger partial charge is 0.333 e. The number of ether oxygens (including phenoxy) is 3. The number of rotatable bonds is 10. The van der Waals surface area contributed by atoms with Crippen LogP contribution >= 0.6 is 11.8 Å². The van der Waals surface area contributed by atoms with Crippen LogP contribution in [-0.4, -0.2) is 60.9 Å². The molecular formula is C13H19O7S.